The van der Waals surface area contributed by atoms with Gasteiger partial charge in [-0.05, 0) is 19.1 Å². The Morgan fingerprint density at radius 2 is 2.19 bits per heavy atom. The highest BCUT2D eigenvalue weighted by molar-refractivity contribution is 6.30. The predicted molar refractivity (Wildman–Crippen MR) is 81.1 cm³/mol. The Bertz CT molecular complexity index is 601. The van der Waals surface area contributed by atoms with E-state index in [2.05, 4.69) is 10.4 Å². The Labute approximate surface area is 128 Å². The standard InChI is InChI=1S/C15H19ClFN3O/c1-11-13(8-18-5-6-21-2)9-19-20(11)10-12-3-4-14(16)7-15(12)17/h3-4,7,9,18H,5-6,8,10H2,1-2H3. The van der Waals surface area contributed by atoms with Gasteiger partial charge in [-0.25, -0.2) is 4.39 Å². The van der Waals surface area contributed by atoms with Gasteiger partial charge in [0.1, 0.15) is 5.82 Å². The molecule has 114 valence electrons. The van der Waals surface area contributed by atoms with Crippen LogP contribution < -0.4 is 5.32 Å². The van der Waals surface area contributed by atoms with E-state index in [1.54, 1.807) is 23.9 Å². The molecule has 0 unspecified atom stereocenters. The molecule has 6 heteroatoms. The van der Waals surface area contributed by atoms with Gasteiger partial charge in [-0.15, -0.1) is 0 Å². The molecular weight excluding hydrogens is 293 g/mol. The summed E-state index contributed by atoms with van der Waals surface area (Å²) in [6, 6.07) is 4.70. The molecule has 0 bridgehead atoms. The van der Waals surface area contributed by atoms with Crippen LogP contribution in [-0.4, -0.2) is 30.0 Å². The summed E-state index contributed by atoms with van der Waals surface area (Å²) in [6.45, 7) is 4.55. The van der Waals surface area contributed by atoms with Crippen LogP contribution in [0.2, 0.25) is 5.02 Å². The van der Waals surface area contributed by atoms with Crippen molar-refractivity contribution >= 4 is 11.6 Å². The molecule has 1 N–H and O–H groups in total. The Hall–Kier alpha value is -1.43. The lowest BCUT2D eigenvalue weighted by molar-refractivity contribution is 0.199. The number of methoxy groups -OCH3 is 1. The van der Waals surface area contributed by atoms with Crippen molar-refractivity contribution in [3.8, 4) is 0 Å². The molecule has 21 heavy (non-hydrogen) atoms. The SMILES string of the molecule is COCCNCc1cnn(Cc2ccc(Cl)cc2F)c1C. The average Bonchev–Trinajstić information content (AvgIpc) is 2.79. The number of ether oxygens (including phenoxy) is 1. The van der Waals surface area contributed by atoms with Crippen molar-refractivity contribution in [1.29, 1.82) is 0 Å². The molecule has 0 saturated carbocycles. The van der Waals surface area contributed by atoms with E-state index in [1.807, 2.05) is 13.1 Å². The van der Waals surface area contributed by atoms with Crippen molar-refractivity contribution in [2.45, 2.75) is 20.0 Å². The fourth-order valence-corrected chi connectivity index (χ4v) is 2.19. The van der Waals surface area contributed by atoms with E-state index in [-0.39, 0.29) is 5.82 Å². The van der Waals surface area contributed by atoms with Gasteiger partial charge in [-0.1, -0.05) is 17.7 Å². The van der Waals surface area contributed by atoms with Crippen molar-refractivity contribution in [3.05, 3.63) is 52.1 Å². The number of nitrogens with zero attached hydrogens (tertiary/aromatic N) is 2. The Morgan fingerprint density at radius 1 is 1.38 bits per heavy atom. The molecule has 0 amide bonds. The van der Waals surface area contributed by atoms with Gasteiger partial charge in [0, 0.05) is 42.0 Å². The molecule has 0 atom stereocenters. The molecule has 4 nitrogen and oxygen atoms in total. The van der Waals surface area contributed by atoms with Crippen LogP contribution in [-0.2, 0) is 17.8 Å². The summed E-state index contributed by atoms with van der Waals surface area (Å²) in [7, 11) is 1.67. The van der Waals surface area contributed by atoms with E-state index in [4.69, 9.17) is 16.3 Å². The maximum absolute atomic E-state index is 13.8. The second kappa shape index (κ2) is 7.54. The lowest BCUT2D eigenvalue weighted by atomic mass is 10.2. The van der Waals surface area contributed by atoms with Gasteiger partial charge < -0.3 is 10.1 Å². The maximum atomic E-state index is 13.8. The minimum atomic E-state index is -0.308. The summed E-state index contributed by atoms with van der Waals surface area (Å²) in [5.41, 5.74) is 2.69. The number of aromatic nitrogens is 2. The van der Waals surface area contributed by atoms with Crippen molar-refractivity contribution in [2.24, 2.45) is 0 Å². The van der Waals surface area contributed by atoms with Crippen LogP contribution in [0.15, 0.2) is 24.4 Å². The first kappa shape index (κ1) is 15.9. The van der Waals surface area contributed by atoms with Crippen molar-refractivity contribution in [2.75, 3.05) is 20.3 Å². The van der Waals surface area contributed by atoms with Gasteiger partial charge in [0.05, 0.1) is 19.3 Å². The first-order valence-corrected chi connectivity index (χ1v) is 7.14. The third-order valence-corrected chi connectivity index (χ3v) is 3.57. The van der Waals surface area contributed by atoms with Crippen LogP contribution in [0.4, 0.5) is 4.39 Å². The minimum absolute atomic E-state index is 0.308. The summed E-state index contributed by atoms with van der Waals surface area (Å²) in [6.07, 6.45) is 1.81. The summed E-state index contributed by atoms with van der Waals surface area (Å²) in [5.74, 6) is -0.308. The van der Waals surface area contributed by atoms with Crippen LogP contribution in [0.1, 0.15) is 16.8 Å². The van der Waals surface area contributed by atoms with Gasteiger partial charge >= 0.3 is 0 Å². The smallest absolute Gasteiger partial charge is 0.129 e. The zero-order valence-electron chi connectivity index (χ0n) is 12.2. The summed E-state index contributed by atoms with van der Waals surface area (Å²) >= 11 is 5.76. The molecule has 0 spiro atoms. The first-order chi connectivity index (χ1) is 10.1. The van der Waals surface area contributed by atoms with Crippen molar-refractivity contribution in [3.63, 3.8) is 0 Å². The number of benzene rings is 1. The molecule has 0 fully saturated rings. The number of nitrogens with one attached hydrogen (secondary N) is 1. The second-order valence-corrected chi connectivity index (χ2v) is 5.25. The third-order valence-electron chi connectivity index (χ3n) is 3.34. The Morgan fingerprint density at radius 3 is 2.90 bits per heavy atom. The zero-order chi connectivity index (χ0) is 15.2. The molecule has 0 aliphatic carbocycles. The second-order valence-electron chi connectivity index (χ2n) is 4.82. The van der Waals surface area contributed by atoms with E-state index in [0.717, 1.165) is 24.3 Å². The Balaban J connectivity index is 2.02. The molecule has 2 aromatic rings. The van der Waals surface area contributed by atoms with Gasteiger partial charge in [0.15, 0.2) is 0 Å². The lowest BCUT2D eigenvalue weighted by Gasteiger charge is -2.08. The van der Waals surface area contributed by atoms with Crippen LogP contribution in [0.5, 0.6) is 0 Å². The summed E-state index contributed by atoms with van der Waals surface area (Å²) < 4.78 is 20.6. The van der Waals surface area contributed by atoms with Gasteiger partial charge in [-0.2, -0.15) is 5.10 Å². The lowest BCUT2D eigenvalue weighted by Crippen LogP contribution is -2.19. The highest BCUT2D eigenvalue weighted by atomic mass is 35.5. The van der Waals surface area contributed by atoms with E-state index in [0.29, 0.717) is 23.7 Å². The fourth-order valence-electron chi connectivity index (χ4n) is 2.03. The molecule has 0 radical (unpaired) electrons. The summed E-state index contributed by atoms with van der Waals surface area (Å²) in [4.78, 5) is 0. The summed E-state index contributed by atoms with van der Waals surface area (Å²) in [5, 5.41) is 7.99. The molecule has 1 aromatic carbocycles. The van der Waals surface area contributed by atoms with Crippen molar-refractivity contribution in [1.82, 2.24) is 15.1 Å². The Kier molecular flexibility index (Phi) is 5.73. The van der Waals surface area contributed by atoms with Crippen LogP contribution in [0.3, 0.4) is 0 Å². The fraction of sp³-hybridized carbons (Fsp3) is 0.400. The van der Waals surface area contributed by atoms with Gasteiger partial charge in [0.25, 0.3) is 0 Å². The van der Waals surface area contributed by atoms with E-state index in [1.165, 1.54) is 6.07 Å². The molecule has 1 heterocycles. The normalized spacial score (nSPS) is 11.0. The van der Waals surface area contributed by atoms with Gasteiger partial charge in [0.2, 0.25) is 0 Å². The van der Waals surface area contributed by atoms with Gasteiger partial charge in [-0.3, -0.25) is 4.68 Å². The van der Waals surface area contributed by atoms with E-state index in [9.17, 15) is 4.39 Å². The largest absolute Gasteiger partial charge is 0.383 e. The van der Waals surface area contributed by atoms with Crippen LogP contribution >= 0.6 is 11.6 Å². The number of halogens is 2. The quantitative estimate of drug-likeness (QED) is 0.799. The molecule has 2 rings (SSSR count). The molecule has 0 aliphatic rings. The molecular formula is C15H19ClFN3O. The molecule has 0 saturated heterocycles. The zero-order valence-corrected chi connectivity index (χ0v) is 13.0. The van der Waals surface area contributed by atoms with E-state index >= 15 is 0 Å². The predicted octanol–water partition coefficient (Wildman–Crippen LogP) is 2.77. The topological polar surface area (TPSA) is 39.1 Å². The molecule has 0 aliphatic heterocycles. The number of rotatable bonds is 7. The highest BCUT2D eigenvalue weighted by Gasteiger charge is 2.09. The maximum Gasteiger partial charge on any atom is 0.129 e. The first-order valence-electron chi connectivity index (χ1n) is 6.76. The van der Waals surface area contributed by atoms with Crippen molar-refractivity contribution < 1.29 is 9.13 Å². The third kappa shape index (κ3) is 4.27. The molecule has 1 aromatic heterocycles. The minimum Gasteiger partial charge on any atom is -0.383 e. The number of hydrogen-bond donors (Lipinski definition) is 1. The van der Waals surface area contributed by atoms with E-state index < -0.39 is 0 Å². The van der Waals surface area contributed by atoms with Crippen LogP contribution in [0, 0.1) is 12.7 Å². The highest BCUT2D eigenvalue weighted by Crippen LogP contribution is 2.17. The monoisotopic (exact) mass is 311 g/mol. The van der Waals surface area contributed by atoms with Crippen LogP contribution in [0.25, 0.3) is 0 Å². The average molecular weight is 312 g/mol. The number of hydrogen-bond acceptors (Lipinski definition) is 3.